The Kier molecular flexibility index (Phi) is 14.9. The average molecular weight is 453 g/mol. The van der Waals surface area contributed by atoms with Crippen molar-refractivity contribution in [2.24, 2.45) is 22.7 Å². The van der Waals surface area contributed by atoms with Gasteiger partial charge in [0.25, 0.3) is 0 Å². The van der Waals surface area contributed by atoms with Crippen molar-refractivity contribution in [3.63, 3.8) is 0 Å². The fraction of sp³-hybridized carbons (Fsp3) is 0.857. The van der Waals surface area contributed by atoms with E-state index in [4.69, 9.17) is 9.47 Å². The third-order valence-corrected chi connectivity index (χ3v) is 6.00. The Morgan fingerprint density at radius 1 is 0.906 bits per heavy atom. The summed E-state index contributed by atoms with van der Waals surface area (Å²) in [6, 6.07) is 0. The van der Waals surface area contributed by atoms with Crippen LogP contribution < -0.4 is 0 Å². The van der Waals surface area contributed by atoms with Crippen LogP contribution in [0.15, 0.2) is 12.2 Å². The molecule has 0 aliphatic rings. The maximum Gasteiger partial charge on any atom is 0.347 e. The van der Waals surface area contributed by atoms with Gasteiger partial charge in [0.15, 0.2) is 0 Å². The van der Waals surface area contributed by atoms with E-state index in [2.05, 4.69) is 54.5 Å². The molecule has 0 aromatic heterocycles. The average Bonchev–Trinajstić information content (AvgIpc) is 2.70. The Bertz CT molecular complexity index is 552. The molecule has 0 aliphatic carbocycles. The molecule has 0 saturated heterocycles. The van der Waals surface area contributed by atoms with Crippen LogP contribution in [0.2, 0.25) is 0 Å². The van der Waals surface area contributed by atoms with E-state index in [-0.39, 0.29) is 23.9 Å². The van der Waals surface area contributed by atoms with Crippen molar-refractivity contribution in [2.75, 3.05) is 6.61 Å². The summed E-state index contributed by atoms with van der Waals surface area (Å²) >= 11 is 0. The topological polar surface area (TPSA) is 52.6 Å². The molecule has 4 nitrogen and oxygen atoms in total. The molecular formula is C28H52O4. The molecule has 0 heterocycles. The Hall–Kier alpha value is -1.32. The number of allylic oxidation sites excluding steroid dienone is 1. The second-order valence-electron chi connectivity index (χ2n) is 10.9. The van der Waals surface area contributed by atoms with Crippen LogP contribution in [0.5, 0.6) is 0 Å². The van der Waals surface area contributed by atoms with Gasteiger partial charge in [-0.25, -0.2) is 4.79 Å². The van der Waals surface area contributed by atoms with Crippen molar-refractivity contribution < 1.29 is 19.1 Å². The molecule has 0 aromatic carbocycles. The summed E-state index contributed by atoms with van der Waals surface area (Å²) in [4.78, 5) is 26.3. The molecule has 0 aliphatic heterocycles. The van der Waals surface area contributed by atoms with Gasteiger partial charge >= 0.3 is 11.9 Å². The van der Waals surface area contributed by atoms with Gasteiger partial charge in [-0.3, -0.25) is 4.79 Å². The third kappa shape index (κ3) is 12.1. The molecule has 0 rings (SSSR count). The van der Waals surface area contributed by atoms with Gasteiger partial charge in [0.1, 0.15) is 0 Å². The van der Waals surface area contributed by atoms with Crippen LogP contribution in [0.3, 0.4) is 0 Å². The third-order valence-electron chi connectivity index (χ3n) is 6.00. The number of ether oxygens (including phenoxy) is 2. The Morgan fingerprint density at radius 2 is 1.47 bits per heavy atom. The highest BCUT2D eigenvalue weighted by atomic mass is 16.6. The number of rotatable bonds is 16. The summed E-state index contributed by atoms with van der Waals surface area (Å²) in [6.07, 6.45) is 11.8. The minimum Gasteiger partial charge on any atom is -0.463 e. The van der Waals surface area contributed by atoms with Crippen LogP contribution in [0.25, 0.3) is 0 Å². The molecule has 3 unspecified atom stereocenters. The van der Waals surface area contributed by atoms with E-state index < -0.39 is 17.5 Å². The van der Waals surface area contributed by atoms with Gasteiger partial charge in [0.2, 0.25) is 6.10 Å². The molecular weight excluding hydrogens is 400 g/mol. The lowest BCUT2D eigenvalue weighted by molar-refractivity contribution is -0.177. The van der Waals surface area contributed by atoms with Crippen molar-refractivity contribution in [3.05, 3.63) is 12.2 Å². The SMILES string of the molecule is CCCCC(CCCC)C(OC(=O)C(C)(/C=C\C(C)CC(C)(C)C)CCC)C(=O)OCC. The highest BCUT2D eigenvalue weighted by Gasteiger charge is 2.38. The van der Waals surface area contributed by atoms with Crippen LogP contribution in [-0.2, 0) is 19.1 Å². The molecule has 32 heavy (non-hydrogen) atoms. The Morgan fingerprint density at radius 3 is 1.91 bits per heavy atom. The zero-order valence-corrected chi connectivity index (χ0v) is 22.6. The predicted octanol–water partition coefficient (Wildman–Crippen LogP) is 7.89. The van der Waals surface area contributed by atoms with Crippen LogP contribution in [0.1, 0.15) is 120 Å². The minimum atomic E-state index is -0.822. The lowest BCUT2D eigenvalue weighted by atomic mass is 9.81. The first-order valence-electron chi connectivity index (χ1n) is 13.0. The summed E-state index contributed by atoms with van der Waals surface area (Å²) in [5.74, 6) is -0.342. The number of hydrogen-bond acceptors (Lipinski definition) is 4. The molecule has 0 radical (unpaired) electrons. The van der Waals surface area contributed by atoms with Crippen LogP contribution in [-0.4, -0.2) is 24.6 Å². The molecule has 0 fully saturated rings. The second-order valence-corrected chi connectivity index (χ2v) is 10.9. The fourth-order valence-corrected chi connectivity index (χ4v) is 4.37. The van der Waals surface area contributed by atoms with Crippen molar-refractivity contribution in [1.29, 1.82) is 0 Å². The van der Waals surface area contributed by atoms with E-state index in [0.29, 0.717) is 12.3 Å². The number of unbranched alkanes of at least 4 members (excludes halogenated alkanes) is 2. The molecule has 0 aromatic rings. The monoisotopic (exact) mass is 452 g/mol. The molecule has 4 heteroatoms. The number of hydrogen-bond donors (Lipinski definition) is 0. The summed E-state index contributed by atoms with van der Waals surface area (Å²) in [7, 11) is 0. The molecule has 188 valence electrons. The van der Waals surface area contributed by atoms with Crippen LogP contribution in [0, 0.1) is 22.7 Å². The van der Waals surface area contributed by atoms with Crippen molar-refractivity contribution in [3.8, 4) is 0 Å². The summed E-state index contributed by atoms with van der Waals surface area (Å²) in [5, 5.41) is 0. The van der Waals surface area contributed by atoms with Crippen molar-refractivity contribution >= 4 is 11.9 Å². The largest absolute Gasteiger partial charge is 0.463 e. The van der Waals surface area contributed by atoms with E-state index in [1.165, 1.54) is 0 Å². The van der Waals surface area contributed by atoms with Crippen LogP contribution in [0.4, 0.5) is 0 Å². The fourth-order valence-electron chi connectivity index (χ4n) is 4.37. The van der Waals surface area contributed by atoms with Crippen molar-refractivity contribution in [2.45, 2.75) is 126 Å². The minimum absolute atomic E-state index is 0.00701. The van der Waals surface area contributed by atoms with E-state index in [1.807, 2.05) is 13.0 Å². The first kappa shape index (κ1) is 30.7. The van der Waals surface area contributed by atoms with Crippen molar-refractivity contribution in [1.82, 2.24) is 0 Å². The maximum atomic E-state index is 13.4. The molecule has 0 N–H and O–H groups in total. The van der Waals surface area contributed by atoms with Gasteiger partial charge in [0.05, 0.1) is 12.0 Å². The highest BCUT2D eigenvalue weighted by Crippen LogP contribution is 2.32. The highest BCUT2D eigenvalue weighted by molar-refractivity contribution is 5.83. The summed E-state index contributed by atoms with van der Waals surface area (Å²) < 4.78 is 11.3. The number of carbonyl (C=O) groups excluding carboxylic acids is 2. The summed E-state index contributed by atoms with van der Waals surface area (Å²) in [5.41, 5.74) is -0.516. The van der Waals surface area contributed by atoms with Gasteiger partial charge in [-0.15, -0.1) is 0 Å². The zero-order valence-electron chi connectivity index (χ0n) is 22.6. The number of esters is 2. The molecule has 3 atom stereocenters. The van der Waals surface area contributed by atoms with E-state index in [9.17, 15) is 9.59 Å². The van der Waals surface area contributed by atoms with Gasteiger partial charge in [-0.1, -0.05) is 92.7 Å². The normalized spacial score (nSPS) is 16.1. The molecule has 0 bridgehead atoms. The Labute approximate surface area is 198 Å². The first-order chi connectivity index (χ1) is 14.9. The van der Waals surface area contributed by atoms with E-state index in [1.54, 1.807) is 6.92 Å². The lowest BCUT2D eigenvalue weighted by Crippen LogP contribution is -2.40. The second kappa shape index (κ2) is 15.5. The van der Waals surface area contributed by atoms with Gasteiger partial charge in [0, 0.05) is 5.92 Å². The quantitative estimate of drug-likeness (QED) is 0.176. The zero-order chi connectivity index (χ0) is 24.8. The number of carbonyl (C=O) groups is 2. The maximum absolute atomic E-state index is 13.4. The predicted molar refractivity (Wildman–Crippen MR) is 134 cm³/mol. The molecule has 0 amide bonds. The van der Waals surface area contributed by atoms with Crippen LogP contribution >= 0.6 is 0 Å². The van der Waals surface area contributed by atoms with Gasteiger partial charge < -0.3 is 9.47 Å². The Balaban J connectivity index is 5.73. The molecule has 0 spiro atoms. The first-order valence-corrected chi connectivity index (χ1v) is 13.0. The smallest absolute Gasteiger partial charge is 0.347 e. The molecule has 0 saturated carbocycles. The van der Waals surface area contributed by atoms with Gasteiger partial charge in [-0.05, 0) is 50.9 Å². The lowest BCUT2D eigenvalue weighted by Gasteiger charge is -2.30. The van der Waals surface area contributed by atoms with E-state index >= 15 is 0 Å². The standard InChI is InChI=1S/C28H52O4/c1-10-14-16-23(17-15-11-2)24(25(29)31-13-4)32-26(30)28(9,19-12-3)20-18-22(5)21-27(6,7)8/h18,20,22-24H,10-17,19,21H2,1-9H3/b20-18-. The van der Waals surface area contributed by atoms with Gasteiger partial charge in [-0.2, -0.15) is 0 Å². The van der Waals surface area contributed by atoms with E-state index in [0.717, 1.165) is 51.4 Å². The summed E-state index contributed by atoms with van der Waals surface area (Å²) in [6.45, 7) is 19.3.